The third-order valence-electron chi connectivity index (χ3n) is 4.81. The van der Waals surface area contributed by atoms with Gasteiger partial charge in [-0.25, -0.2) is 4.98 Å². The number of aryl methyl sites for hydroxylation is 1. The van der Waals surface area contributed by atoms with Gasteiger partial charge in [0, 0.05) is 11.4 Å². The van der Waals surface area contributed by atoms with E-state index in [0.29, 0.717) is 16.2 Å². The molecule has 2 heterocycles. The summed E-state index contributed by atoms with van der Waals surface area (Å²) in [4.78, 5) is 21.6. The fourth-order valence-corrected chi connectivity index (χ4v) is 3.72. The summed E-state index contributed by atoms with van der Waals surface area (Å²) in [6.07, 6.45) is 1.44. The Bertz CT molecular complexity index is 1260. The van der Waals surface area contributed by atoms with E-state index >= 15 is 0 Å². The third kappa shape index (κ3) is 3.71. The van der Waals surface area contributed by atoms with Gasteiger partial charge < -0.3 is 5.32 Å². The van der Waals surface area contributed by atoms with E-state index in [1.54, 1.807) is 4.57 Å². The van der Waals surface area contributed by atoms with E-state index in [9.17, 15) is 4.79 Å². The van der Waals surface area contributed by atoms with E-state index in [0.717, 1.165) is 22.3 Å². The minimum atomic E-state index is -0.281. The zero-order valence-electron chi connectivity index (χ0n) is 15.9. The van der Waals surface area contributed by atoms with Crippen molar-refractivity contribution in [1.29, 1.82) is 0 Å². The Hall–Kier alpha value is -2.89. The molecule has 1 atom stereocenters. The van der Waals surface area contributed by atoms with Crippen molar-refractivity contribution in [3.05, 3.63) is 92.7 Å². The molecule has 4 rings (SSSR count). The zero-order chi connectivity index (χ0) is 20.5. The Morgan fingerprint density at radius 2 is 1.83 bits per heavy atom. The predicted molar refractivity (Wildman–Crippen MR) is 118 cm³/mol. The summed E-state index contributed by atoms with van der Waals surface area (Å²) < 4.78 is 1.73. The quantitative estimate of drug-likeness (QED) is 0.435. The van der Waals surface area contributed by atoms with Crippen molar-refractivity contribution in [3.8, 4) is 5.69 Å². The van der Waals surface area contributed by atoms with Crippen LogP contribution in [0.4, 0.5) is 5.82 Å². The van der Waals surface area contributed by atoms with Gasteiger partial charge in [-0.05, 0) is 54.6 Å². The van der Waals surface area contributed by atoms with Crippen LogP contribution in [0, 0.1) is 6.92 Å². The molecule has 7 heteroatoms. The lowest BCUT2D eigenvalue weighted by Crippen LogP contribution is -2.26. The molecule has 0 spiro atoms. The largest absolute Gasteiger partial charge is 0.361 e. The van der Waals surface area contributed by atoms with Gasteiger partial charge in [-0.2, -0.15) is 4.98 Å². The van der Waals surface area contributed by atoms with Gasteiger partial charge >= 0.3 is 0 Å². The topological polar surface area (TPSA) is 59.8 Å². The summed E-state index contributed by atoms with van der Waals surface area (Å²) in [5.41, 5.74) is 2.44. The number of rotatable bonds is 4. The molecule has 5 nitrogen and oxygen atoms in total. The van der Waals surface area contributed by atoms with Crippen molar-refractivity contribution < 1.29 is 0 Å². The molecule has 4 aromatic rings. The minimum Gasteiger partial charge on any atom is -0.361 e. The molecule has 146 valence electrons. The standard InChI is InChI=1S/C22H18Cl2N4O/c1-13-7-6-8-15-11-18(14(2)26-20-17(23)12-25-22(24)27-20)28(21(29)19(13)15)16-9-4-3-5-10-16/h3-12,14H,1-2H3,(H,25,26,27). The van der Waals surface area contributed by atoms with Crippen molar-refractivity contribution in [1.82, 2.24) is 14.5 Å². The van der Waals surface area contributed by atoms with E-state index < -0.39 is 0 Å². The Morgan fingerprint density at radius 3 is 2.59 bits per heavy atom. The number of hydrogen-bond donors (Lipinski definition) is 1. The van der Waals surface area contributed by atoms with Crippen molar-refractivity contribution in [3.63, 3.8) is 0 Å². The van der Waals surface area contributed by atoms with Crippen LogP contribution in [0.2, 0.25) is 10.3 Å². The van der Waals surface area contributed by atoms with Gasteiger partial charge in [0.25, 0.3) is 5.56 Å². The first-order chi connectivity index (χ1) is 14.0. The maximum absolute atomic E-state index is 13.5. The molecule has 0 fully saturated rings. The number of nitrogens with zero attached hydrogens (tertiary/aromatic N) is 3. The number of anilines is 1. The van der Waals surface area contributed by atoms with Crippen molar-refractivity contribution >= 4 is 39.8 Å². The lowest BCUT2D eigenvalue weighted by atomic mass is 10.0. The summed E-state index contributed by atoms with van der Waals surface area (Å²) in [7, 11) is 0. The van der Waals surface area contributed by atoms with E-state index in [4.69, 9.17) is 23.2 Å². The fraction of sp³-hybridized carbons (Fsp3) is 0.136. The first kappa shape index (κ1) is 19.4. The molecule has 0 aliphatic heterocycles. The van der Waals surface area contributed by atoms with E-state index in [1.807, 2.05) is 68.4 Å². The molecule has 1 unspecified atom stereocenters. The number of fused-ring (bicyclic) bond motifs is 1. The highest BCUT2D eigenvalue weighted by molar-refractivity contribution is 6.33. The minimum absolute atomic E-state index is 0.0673. The maximum atomic E-state index is 13.5. The smallest absolute Gasteiger partial charge is 0.263 e. The molecule has 0 saturated heterocycles. The second-order valence-corrected chi connectivity index (χ2v) is 7.53. The second-order valence-electron chi connectivity index (χ2n) is 6.79. The Morgan fingerprint density at radius 1 is 1.07 bits per heavy atom. The van der Waals surface area contributed by atoms with Crippen LogP contribution in [0.25, 0.3) is 16.5 Å². The molecule has 2 aromatic heterocycles. The van der Waals surface area contributed by atoms with E-state index in [-0.39, 0.29) is 16.9 Å². The van der Waals surface area contributed by atoms with Gasteiger partial charge in [0.2, 0.25) is 5.28 Å². The predicted octanol–water partition coefficient (Wildman–Crippen LogP) is 5.57. The van der Waals surface area contributed by atoms with Crippen LogP contribution in [0.15, 0.2) is 65.6 Å². The molecule has 0 radical (unpaired) electrons. The molecule has 2 aromatic carbocycles. The number of para-hydroxylation sites is 1. The van der Waals surface area contributed by atoms with Crippen molar-refractivity contribution in [2.75, 3.05) is 5.32 Å². The van der Waals surface area contributed by atoms with E-state index in [1.165, 1.54) is 6.20 Å². The average Bonchev–Trinajstić information content (AvgIpc) is 2.71. The number of benzene rings is 2. The van der Waals surface area contributed by atoms with Crippen LogP contribution >= 0.6 is 23.2 Å². The summed E-state index contributed by atoms with van der Waals surface area (Å²) >= 11 is 12.1. The maximum Gasteiger partial charge on any atom is 0.263 e. The first-order valence-corrected chi connectivity index (χ1v) is 9.86. The zero-order valence-corrected chi connectivity index (χ0v) is 17.4. The molecule has 0 amide bonds. The molecule has 0 bridgehead atoms. The molecule has 1 N–H and O–H groups in total. The molecule has 0 aliphatic rings. The van der Waals surface area contributed by atoms with Crippen molar-refractivity contribution in [2.45, 2.75) is 19.9 Å². The van der Waals surface area contributed by atoms with E-state index in [2.05, 4.69) is 15.3 Å². The number of halogens is 2. The molecular formula is C22H18Cl2N4O. The Labute approximate surface area is 178 Å². The molecule has 0 aliphatic carbocycles. The number of hydrogen-bond acceptors (Lipinski definition) is 4. The second kappa shape index (κ2) is 7.85. The van der Waals surface area contributed by atoms with Crippen LogP contribution in [-0.2, 0) is 0 Å². The normalized spacial score (nSPS) is 12.1. The molecule has 0 saturated carbocycles. The SMILES string of the molecule is Cc1cccc2cc(C(C)Nc3nc(Cl)ncc3Cl)n(-c3ccccc3)c(=O)c12. The van der Waals surface area contributed by atoms with Gasteiger partial charge in [-0.15, -0.1) is 0 Å². The summed E-state index contributed by atoms with van der Waals surface area (Å²) in [6, 6.07) is 17.2. The average molecular weight is 425 g/mol. The third-order valence-corrected chi connectivity index (χ3v) is 5.27. The molecule has 29 heavy (non-hydrogen) atoms. The highest BCUT2D eigenvalue weighted by Crippen LogP contribution is 2.27. The van der Waals surface area contributed by atoms with Gasteiger partial charge in [0.05, 0.1) is 17.6 Å². The summed E-state index contributed by atoms with van der Waals surface area (Å²) in [5, 5.41) is 5.30. The highest BCUT2D eigenvalue weighted by Gasteiger charge is 2.18. The lowest BCUT2D eigenvalue weighted by Gasteiger charge is -2.22. The van der Waals surface area contributed by atoms with Crippen LogP contribution in [0.1, 0.15) is 24.2 Å². The van der Waals surface area contributed by atoms with Gasteiger partial charge in [0.15, 0.2) is 0 Å². The summed E-state index contributed by atoms with van der Waals surface area (Å²) in [5.74, 6) is 0.413. The van der Waals surface area contributed by atoms with Crippen molar-refractivity contribution in [2.24, 2.45) is 0 Å². The van der Waals surface area contributed by atoms with Crippen LogP contribution < -0.4 is 10.9 Å². The number of aromatic nitrogens is 3. The van der Waals surface area contributed by atoms with Crippen LogP contribution in [0.5, 0.6) is 0 Å². The van der Waals surface area contributed by atoms with Gasteiger partial charge in [-0.1, -0.05) is 48.0 Å². The first-order valence-electron chi connectivity index (χ1n) is 9.11. The van der Waals surface area contributed by atoms with Crippen LogP contribution in [0.3, 0.4) is 0 Å². The number of pyridine rings is 1. The van der Waals surface area contributed by atoms with Crippen LogP contribution in [-0.4, -0.2) is 14.5 Å². The monoisotopic (exact) mass is 424 g/mol. The van der Waals surface area contributed by atoms with Gasteiger partial charge in [-0.3, -0.25) is 9.36 Å². The summed E-state index contributed by atoms with van der Waals surface area (Å²) in [6.45, 7) is 3.89. The van der Waals surface area contributed by atoms with Gasteiger partial charge in [0.1, 0.15) is 10.8 Å². The number of nitrogens with one attached hydrogen (secondary N) is 1. The fourth-order valence-electron chi connectivity index (χ4n) is 3.44. The highest BCUT2D eigenvalue weighted by atomic mass is 35.5. The molecular weight excluding hydrogens is 407 g/mol. The lowest BCUT2D eigenvalue weighted by molar-refractivity contribution is 0.772. The Kier molecular flexibility index (Phi) is 5.26. The Balaban J connectivity index is 1.93.